The number of hydrogen-bond acceptors (Lipinski definition) is 5. The first-order valence-electron chi connectivity index (χ1n) is 11.9. The number of benzene rings is 3. The van der Waals surface area contributed by atoms with Crippen molar-refractivity contribution in [3.05, 3.63) is 100 Å². The maximum Gasteiger partial charge on any atom is 0.326 e. The molecule has 0 saturated carbocycles. The number of aryl methyl sites for hydroxylation is 3. The third-order valence-corrected chi connectivity index (χ3v) is 6.71. The van der Waals surface area contributed by atoms with Crippen LogP contribution in [-0.4, -0.2) is 23.3 Å². The number of nitrogens with zero attached hydrogens (tertiary/aromatic N) is 3. The predicted octanol–water partition coefficient (Wildman–Crippen LogP) is 6.51. The summed E-state index contributed by atoms with van der Waals surface area (Å²) in [5.41, 5.74) is 6.69. The minimum absolute atomic E-state index is 0.129. The topological polar surface area (TPSA) is 80.5 Å². The fourth-order valence-corrected chi connectivity index (χ4v) is 4.46. The first kappa shape index (κ1) is 24.2. The van der Waals surface area contributed by atoms with Crippen molar-refractivity contribution < 1.29 is 18.4 Å². The Kier molecular flexibility index (Phi) is 6.25. The van der Waals surface area contributed by atoms with Crippen LogP contribution in [0.2, 0.25) is 0 Å². The van der Waals surface area contributed by atoms with Crippen LogP contribution in [0, 0.1) is 26.6 Å². The SMILES string of the molecule is COc1ccc(-c2noc(C3=C(C)N(c4ccc(C)c(C)c4)C(=O)NC3c3ccc(C)cc3)n2)cc1F. The fraction of sp³-hybridized carbons (Fsp3) is 0.207. The molecule has 1 aromatic heterocycles. The highest BCUT2D eigenvalue weighted by molar-refractivity contribution is 6.01. The second-order valence-electron chi connectivity index (χ2n) is 9.17. The molecule has 188 valence electrons. The molecule has 5 rings (SSSR count). The van der Waals surface area contributed by atoms with Crippen LogP contribution in [0.15, 0.2) is 70.9 Å². The Morgan fingerprint density at radius 3 is 2.41 bits per heavy atom. The Morgan fingerprint density at radius 1 is 0.973 bits per heavy atom. The lowest BCUT2D eigenvalue weighted by Crippen LogP contribution is -2.46. The van der Waals surface area contributed by atoms with Crippen LogP contribution in [0.25, 0.3) is 17.0 Å². The number of allylic oxidation sites excluding steroid dienone is 1. The summed E-state index contributed by atoms with van der Waals surface area (Å²) < 4.78 is 25.1. The molecule has 1 aliphatic heterocycles. The van der Waals surface area contributed by atoms with Crippen LogP contribution >= 0.6 is 0 Å². The van der Waals surface area contributed by atoms with Gasteiger partial charge in [-0.2, -0.15) is 4.98 Å². The zero-order valence-corrected chi connectivity index (χ0v) is 21.3. The molecule has 1 atom stereocenters. The van der Waals surface area contributed by atoms with E-state index < -0.39 is 11.9 Å². The number of nitrogens with one attached hydrogen (secondary N) is 1. The van der Waals surface area contributed by atoms with Crippen LogP contribution in [0.1, 0.15) is 41.1 Å². The number of aromatic nitrogens is 2. The van der Waals surface area contributed by atoms with Gasteiger partial charge in [0, 0.05) is 11.3 Å². The molecule has 1 N–H and O–H groups in total. The van der Waals surface area contributed by atoms with E-state index in [4.69, 9.17) is 9.26 Å². The van der Waals surface area contributed by atoms with Crippen molar-refractivity contribution in [2.24, 2.45) is 0 Å². The van der Waals surface area contributed by atoms with Gasteiger partial charge in [-0.1, -0.05) is 41.1 Å². The monoisotopic (exact) mass is 498 g/mol. The average Bonchev–Trinajstić information content (AvgIpc) is 3.36. The van der Waals surface area contributed by atoms with E-state index in [-0.39, 0.29) is 23.5 Å². The van der Waals surface area contributed by atoms with E-state index in [0.717, 1.165) is 27.9 Å². The Bertz CT molecular complexity index is 1520. The number of ether oxygens (including phenoxy) is 1. The Morgan fingerprint density at radius 2 is 1.73 bits per heavy atom. The largest absolute Gasteiger partial charge is 0.494 e. The van der Waals surface area contributed by atoms with Crippen molar-refractivity contribution in [3.8, 4) is 17.1 Å². The van der Waals surface area contributed by atoms with Crippen molar-refractivity contribution in [1.29, 1.82) is 0 Å². The number of urea groups is 1. The van der Waals surface area contributed by atoms with Gasteiger partial charge in [0.1, 0.15) is 0 Å². The molecule has 0 spiro atoms. The van der Waals surface area contributed by atoms with E-state index in [2.05, 4.69) is 15.5 Å². The summed E-state index contributed by atoms with van der Waals surface area (Å²) in [6.45, 7) is 7.90. The number of amides is 2. The summed E-state index contributed by atoms with van der Waals surface area (Å²) in [7, 11) is 1.41. The third-order valence-electron chi connectivity index (χ3n) is 6.71. The number of carbonyl (C=O) groups is 1. The van der Waals surface area contributed by atoms with Gasteiger partial charge < -0.3 is 14.6 Å². The lowest BCUT2D eigenvalue weighted by molar-refractivity contribution is 0.244. The van der Waals surface area contributed by atoms with Gasteiger partial charge in [-0.05, 0) is 74.7 Å². The Hall–Kier alpha value is -4.46. The van der Waals surface area contributed by atoms with Gasteiger partial charge in [0.05, 0.1) is 24.4 Å². The van der Waals surface area contributed by atoms with Gasteiger partial charge >= 0.3 is 6.03 Å². The number of anilines is 1. The molecule has 2 amide bonds. The molecule has 1 aliphatic rings. The summed E-state index contributed by atoms with van der Waals surface area (Å²) in [6.07, 6.45) is 0. The maximum absolute atomic E-state index is 14.3. The van der Waals surface area contributed by atoms with Crippen LogP contribution in [-0.2, 0) is 0 Å². The average molecular weight is 499 g/mol. The quantitative estimate of drug-likeness (QED) is 0.339. The first-order chi connectivity index (χ1) is 17.8. The molecule has 0 radical (unpaired) electrons. The molecule has 8 heteroatoms. The van der Waals surface area contributed by atoms with Crippen molar-refractivity contribution in [1.82, 2.24) is 15.5 Å². The summed E-state index contributed by atoms with van der Waals surface area (Å²) >= 11 is 0. The maximum atomic E-state index is 14.3. The molecule has 3 aromatic carbocycles. The molecular formula is C29H27FN4O3. The third kappa shape index (κ3) is 4.46. The van der Waals surface area contributed by atoms with Crippen molar-refractivity contribution in [2.45, 2.75) is 33.7 Å². The summed E-state index contributed by atoms with van der Waals surface area (Å²) in [5.74, 6) is 0.0758. The highest BCUT2D eigenvalue weighted by atomic mass is 19.1. The molecule has 0 aliphatic carbocycles. The summed E-state index contributed by atoms with van der Waals surface area (Å²) in [5, 5.41) is 7.23. The predicted molar refractivity (Wildman–Crippen MR) is 140 cm³/mol. The zero-order valence-electron chi connectivity index (χ0n) is 21.3. The van der Waals surface area contributed by atoms with E-state index in [0.29, 0.717) is 16.8 Å². The molecule has 37 heavy (non-hydrogen) atoms. The van der Waals surface area contributed by atoms with Crippen LogP contribution < -0.4 is 15.0 Å². The van der Waals surface area contributed by atoms with E-state index >= 15 is 0 Å². The van der Waals surface area contributed by atoms with Crippen molar-refractivity contribution in [2.75, 3.05) is 12.0 Å². The number of hydrogen-bond donors (Lipinski definition) is 1. The van der Waals surface area contributed by atoms with E-state index in [1.165, 1.54) is 19.2 Å². The van der Waals surface area contributed by atoms with Crippen molar-refractivity contribution >= 4 is 17.3 Å². The Labute approximate surface area is 214 Å². The highest BCUT2D eigenvalue weighted by Crippen LogP contribution is 2.39. The number of carbonyl (C=O) groups excluding carboxylic acids is 1. The molecule has 7 nitrogen and oxygen atoms in total. The molecular weight excluding hydrogens is 471 g/mol. The molecule has 4 aromatic rings. The van der Waals surface area contributed by atoms with E-state index in [1.54, 1.807) is 11.0 Å². The Balaban J connectivity index is 1.64. The van der Waals surface area contributed by atoms with Crippen LogP contribution in [0.5, 0.6) is 5.75 Å². The second kappa shape index (κ2) is 9.54. The first-order valence-corrected chi connectivity index (χ1v) is 11.9. The van der Waals surface area contributed by atoms with Crippen molar-refractivity contribution in [3.63, 3.8) is 0 Å². The molecule has 1 unspecified atom stereocenters. The van der Waals surface area contributed by atoms with E-state index in [1.807, 2.05) is 70.2 Å². The lowest BCUT2D eigenvalue weighted by Gasteiger charge is -2.35. The summed E-state index contributed by atoms with van der Waals surface area (Å²) in [4.78, 5) is 19.6. The number of halogens is 1. The number of rotatable bonds is 5. The second-order valence-corrected chi connectivity index (χ2v) is 9.17. The minimum Gasteiger partial charge on any atom is -0.494 e. The molecule has 0 fully saturated rings. The highest BCUT2D eigenvalue weighted by Gasteiger charge is 2.36. The van der Waals surface area contributed by atoms with Crippen LogP contribution in [0.3, 0.4) is 0 Å². The molecule has 0 saturated heterocycles. The van der Waals surface area contributed by atoms with Gasteiger partial charge in [0.15, 0.2) is 11.6 Å². The normalized spacial score (nSPS) is 15.7. The van der Waals surface area contributed by atoms with Crippen LogP contribution in [0.4, 0.5) is 14.9 Å². The zero-order chi connectivity index (χ0) is 26.3. The molecule has 0 bridgehead atoms. The summed E-state index contributed by atoms with van der Waals surface area (Å²) in [6, 6.07) is 17.5. The number of methoxy groups -OCH3 is 1. The van der Waals surface area contributed by atoms with E-state index in [9.17, 15) is 9.18 Å². The fourth-order valence-electron chi connectivity index (χ4n) is 4.46. The smallest absolute Gasteiger partial charge is 0.326 e. The molecule has 2 heterocycles. The van der Waals surface area contributed by atoms with Gasteiger partial charge in [-0.3, -0.25) is 4.90 Å². The lowest BCUT2D eigenvalue weighted by atomic mass is 9.93. The van der Waals surface area contributed by atoms with Gasteiger partial charge in [0.2, 0.25) is 5.82 Å². The standard InChI is InChI=1S/C29H27FN4O3/c1-16-6-9-20(10-7-16)26-25(19(4)34(29(35)31-26)22-12-8-17(2)18(3)14-22)28-32-27(33-37-28)21-11-13-24(36-5)23(30)15-21/h6-15,26H,1-5H3,(H,31,35). The van der Waals surface area contributed by atoms with Gasteiger partial charge in [0.25, 0.3) is 5.89 Å². The van der Waals surface area contributed by atoms with Gasteiger partial charge in [-0.25, -0.2) is 9.18 Å². The van der Waals surface area contributed by atoms with Gasteiger partial charge in [-0.15, -0.1) is 0 Å². The minimum atomic E-state index is -0.523.